The van der Waals surface area contributed by atoms with E-state index in [1.165, 1.54) is 6.07 Å². The Balaban J connectivity index is 2.06. The van der Waals surface area contributed by atoms with Crippen LogP contribution in [0.25, 0.3) is 0 Å². The zero-order valence-corrected chi connectivity index (χ0v) is 12.4. The predicted molar refractivity (Wildman–Crippen MR) is 81.3 cm³/mol. The maximum Gasteiger partial charge on any atom is 0.275 e. The van der Waals surface area contributed by atoms with Gasteiger partial charge in [-0.15, -0.1) is 0 Å². The average molecular weight is 299 g/mol. The van der Waals surface area contributed by atoms with Gasteiger partial charge < -0.3 is 9.47 Å². The molecular weight excluding hydrogens is 282 g/mol. The Morgan fingerprint density at radius 3 is 2.23 bits per heavy atom. The summed E-state index contributed by atoms with van der Waals surface area (Å²) in [6, 6.07) is 16.3. The number of rotatable bonds is 3. The highest BCUT2D eigenvalue weighted by Crippen LogP contribution is 2.48. The van der Waals surface area contributed by atoms with E-state index < -0.39 is 11.9 Å². The van der Waals surface area contributed by atoms with Crippen molar-refractivity contribution in [1.82, 2.24) is 0 Å². The van der Waals surface area contributed by atoms with Crippen LogP contribution in [0.3, 0.4) is 0 Å². The van der Waals surface area contributed by atoms with E-state index in [0.29, 0.717) is 5.56 Å². The molecule has 0 amide bonds. The van der Waals surface area contributed by atoms with Crippen LogP contribution in [-0.4, -0.2) is 10.7 Å². The number of ether oxygens (including phenoxy) is 2. The summed E-state index contributed by atoms with van der Waals surface area (Å²) in [6.45, 7) is 3.63. The number of nitro benzene ring substituents is 1. The smallest absolute Gasteiger partial charge is 0.275 e. The van der Waals surface area contributed by atoms with Crippen LogP contribution in [0.4, 0.5) is 5.69 Å². The Morgan fingerprint density at radius 2 is 1.55 bits per heavy atom. The molecule has 2 aromatic carbocycles. The van der Waals surface area contributed by atoms with E-state index in [4.69, 9.17) is 9.47 Å². The lowest BCUT2D eigenvalue weighted by molar-refractivity contribution is -0.386. The standard InChI is InChI=1S/C17H17NO4/c1-17(2)21-15(12-8-4-3-5-9-12)16(22-17)13-10-6-7-11-14(13)18(19)20/h3-11,15-16H,1-2H3/t15-,16+/m0/s1. The lowest BCUT2D eigenvalue weighted by atomic mass is 9.97. The highest BCUT2D eigenvalue weighted by molar-refractivity contribution is 5.43. The molecule has 5 nitrogen and oxygen atoms in total. The van der Waals surface area contributed by atoms with Gasteiger partial charge in [0, 0.05) is 6.07 Å². The fourth-order valence-electron chi connectivity index (χ4n) is 2.77. The van der Waals surface area contributed by atoms with Crippen molar-refractivity contribution >= 4 is 5.69 Å². The maximum atomic E-state index is 11.3. The first-order valence-corrected chi connectivity index (χ1v) is 7.12. The number of hydrogen-bond donors (Lipinski definition) is 0. The van der Waals surface area contributed by atoms with Crippen molar-refractivity contribution in [1.29, 1.82) is 0 Å². The van der Waals surface area contributed by atoms with Crippen molar-refractivity contribution in [2.45, 2.75) is 31.8 Å². The van der Waals surface area contributed by atoms with Crippen molar-refractivity contribution in [3.63, 3.8) is 0 Å². The van der Waals surface area contributed by atoms with E-state index in [9.17, 15) is 10.1 Å². The molecule has 1 fully saturated rings. The van der Waals surface area contributed by atoms with Crippen LogP contribution in [0.5, 0.6) is 0 Å². The van der Waals surface area contributed by atoms with E-state index in [0.717, 1.165) is 5.56 Å². The van der Waals surface area contributed by atoms with E-state index in [2.05, 4.69) is 0 Å². The van der Waals surface area contributed by atoms with Gasteiger partial charge in [0.1, 0.15) is 12.2 Å². The molecule has 1 aliphatic heterocycles. The molecule has 0 radical (unpaired) electrons. The third-order valence-corrected chi connectivity index (χ3v) is 3.66. The van der Waals surface area contributed by atoms with E-state index in [1.807, 2.05) is 44.2 Å². The summed E-state index contributed by atoms with van der Waals surface area (Å²) in [6.07, 6.45) is -0.892. The van der Waals surface area contributed by atoms with Gasteiger partial charge in [-0.1, -0.05) is 42.5 Å². The molecule has 114 valence electrons. The molecule has 1 saturated heterocycles. The Morgan fingerprint density at radius 1 is 0.955 bits per heavy atom. The topological polar surface area (TPSA) is 61.6 Å². The molecule has 3 rings (SSSR count). The molecule has 1 aliphatic rings. The molecule has 5 heteroatoms. The molecular formula is C17H17NO4. The van der Waals surface area contributed by atoms with Crippen LogP contribution in [0, 0.1) is 10.1 Å². The van der Waals surface area contributed by atoms with E-state index >= 15 is 0 Å². The molecule has 2 atom stereocenters. The van der Waals surface area contributed by atoms with Gasteiger partial charge in [0.15, 0.2) is 5.79 Å². The first-order chi connectivity index (χ1) is 10.5. The van der Waals surface area contributed by atoms with Gasteiger partial charge in [0.25, 0.3) is 5.69 Å². The Kier molecular flexibility index (Phi) is 3.68. The Hall–Kier alpha value is -2.24. The molecule has 0 N–H and O–H groups in total. The number of nitro groups is 1. The highest BCUT2D eigenvalue weighted by Gasteiger charge is 2.44. The van der Waals surface area contributed by atoms with Crippen LogP contribution >= 0.6 is 0 Å². The second kappa shape index (κ2) is 5.51. The SMILES string of the molecule is CC1(C)O[C@H](c2ccccc2[N+](=O)[O-])[C@H](c2ccccc2)O1. The lowest BCUT2D eigenvalue weighted by Gasteiger charge is -2.17. The van der Waals surface area contributed by atoms with Crippen molar-refractivity contribution in [2.24, 2.45) is 0 Å². The van der Waals surface area contributed by atoms with Gasteiger partial charge in [0.05, 0.1) is 10.5 Å². The summed E-state index contributed by atoms with van der Waals surface area (Å²) in [7, 11) is 0. The minimum absolute atomic E-state index is 0.0507. The molecule has 0 unspecified atom stereocenters. The first-order valence-electron chi connectivity index (χ1n) is 7.12. The third-order valence-electron chi connectivity index (χ3n) is 3.66. The molecule has 0 spiro atoms. The van der Waals surface area contributed by atoms with Crippen LogP contribution in [0.15, 0.2) is 54.6 Å². The van der Waals surface area contributed by atoms with Crippen LogP contribution in [0.1, 0.15) is 37.2 Å². The van der Waals surface area contributed by atoms with E-state index in [1.54, 1.807) is 18.2 Å². The first kappa shape index (κ1) is 14.7. The zero-order chi connectivity index (χ0) is 15.7. The van der Waals surface area contributed by atoms with Crippen LogP contribution in [-0.2, 0) is 9.47 Å². The normalized spacial score (nSPS) is 23.4. The summed E-state index contributed by atoms with van der Waals surface area (Å²) in [4.78, 5) is 10.9. The summed E-state index contributed by atoms with van der Waals surface area (Å²) < 4.78 is 12.0. The van der Waals surface area contributed by atoms with Crippen molar-refractivity contribution in [3.8, 4) is 0 Å². The van der Waals surface area contributed by atoms with Crippen LogP contribution in [0.2, 0.25) is 0 Å². The van der Waals surface area contributed by atoms with Gasteiger partial charge >= 0.3 is 0 Å². The number of benzene rings is 2. The minimum Gasteiger partial charge on any atom is -0.339 e. The van der Waals surface area contributed by atoms with Crippen molar-refractivity contribution < 1.29 is 14.4 Å². The fraction of sp³-hybridized carbons (Fsp3) is 0.294. The fourth-order valence-corrected chi connectivity index (χ4v) is 2.77. The highest BCUT2D eigenvalue weighted by atomic mass is 16.8. The van der Waals surface area contributed by atoms with E-state index in [-0.39, 0.29) is 16.7 Å². The molecule has 0 aromatic heterocycles. The Bertz CT molecular complexity index is 684. The monoisotopic (exact) mass is 299 g/mol. The van der Waals surface area contributed by atoms with Crippen molar-refractivity contribution in [2.75, 3.05) is 0 Å². The van der Waals surface area contributed by atoms with Gasteiger partial charge in [0.2, 0.25) is 0 Å². The molecule has 0 aliphatic carbocycles. The second-order valence-electron chi connectivity index (χ2n) is 5.70. The third kappa shape index (κ3) is 2.73. The molecule has 1 heterocycles. The summed E-state index contributed by atoms with van der Waals surface area (Å²) in [5.74, 6) is -0.797. The average Bonchev–Trinajstić information content (AvgIpc) is 2.84. The van der Waals surface area contributed by atoms with Crippen LogP contribution < -0.4 is 0 Å². The molecule has 0 bridgehead atoms. The lowest BCUT2D eigenvalue weighted by Crippen LogP contribution is -2.20. The summed E-state index contributed by atoms with van der Waals surface area (Å²) >= 11 is 0. The maximum absolute atomic E-state index is 11.3. The second-order valence-corrected chi connectivity index (χ2v) is 5.70. The number of nitrogens with zero attached hydrogens (tertiary/aromatic N) is 1. The van der Waals surface area contributed by atoms with Crippen molar-refractivity contribution in [3.05, 3.63) is 75.8 Å². The number of para-hydroxylation sites is 1. The Labute approximate surface area is 128 Å². The minimum atomic E-state index is -0.797. The molecule has 22 heavy (non-hydrogen) atoms. The number of hydrogen-bond acceptors (Lipinski definition) is 4. The molecule has 2 aromatic rings. The summed E-state index contributed by atoms with van der Waals surface area (Å²) in [5.41, 5.74) is 1.53. The summed E-state index contributed by atoms with van der Waals surface area (Å²) in [5, 5.41) is 11.3. The molecule has 0 saturated carbocycles. The van der Waals surface area contributed by atoms with Gasteiger partial charge in [-0.2, -0.15) is 0 Å². The predicted octanol–water partition coefficient (Wildman–Crippen LogP) is 4.16. The largest absolute Gasteiger partial charge is 0.339 e. The van der Waals surface area contributed by atoms with Gasteiger partial charge in [-0.25, -0.2) is 0 Å². The zero-order valence-electron chi connectivity index (χ0n) is 12.4. The van der Waals surface area contributed by atoms with Gasteiger partial charge in [-0.3, -0.25) is 10.1 Å². The quantitative estimate of drug-likeness (QED) is 0.630. The van der Waals surface area contributed by atoms with Gasteiger partial charge in [-0.05, 0) is 25.5 Å².